The van der Waals surface area contributed by atoms with Gasteiger partial charge in [-0.2, -0.15) is 26.3 Å². The fraction of sp³-hybridized carbons (Fsp3) is 0.200. The second-order valence-corrected chi connectivity index (χ2v) is 6.50. The van der Waals surface area contributed by atoms with Crippen LogP contribution in [-0.2, 0) is 17.1 Å². The molecule has 2 atom stereocenters. The average Bonchev–Trinajstić information content (AvgIpc) is 3.46. The number of ketones is 1. The number of hydrogen-bond donors (Lipinski definition) is 0. The third-order valence-electron chi connectivity index (χ3n) is 4.58. The van der Waals surface area contributed by atoms with Gasteiger partial charge in [0, 0.05) is 10.9 Å². The zero-order chi connectivity index (χ0) is 21.0. The summed E-state index contributed by atoms with van der Waals surface area (Å²) in [5.74, 6) is -0.457. The molecule has 29 heavy (non-hydrogen) atoms. The number of ether oxygens (including phenoxy) is 1. The number of carbonyl (C=O) groups excluding carboxylic acids is 1. The van der Waals surface area contributed by atoms with Crippen LogP contribution in [0, 0.1) is 0 Å². The Bertz CT molecular complexity index is 1090. The number of epoxide rings is 1. The molecular formula is C20H11F6NO2. The fourth-order valence-electron chi connectivity index (χ4n) is 3.20. The SMILES string of the molecule is O=C(c1ccccc1)[C@H]1O[C@@H]1c1cc(C(F)(F)F)nc2c(C(F)(F)F)cccc12. The van der Waals surface area contributed by atoms with E-state index in [1.807, 2.05) is 0 Å². The van der Waals surface area contributed by atoms with E-state index < -0.39 is 47.1 Å². The van der Waals surface area contributed by atoms with Crippen LogP contribution in [0.1, 0.15) is 33.3 Å². The van der Waals surface area contributed by atoms with Crippen LogP contribution in [-0.4, -0.2) is 16.9 Å². The number of hydrogen-bond acceptors (Lipinski definition) is 3. The summed E-state index contributed by atoms with van der Waals surface area (Å²) < 4.78 is 85.1. The molecule has 9 heteroatoms. The number of para-hydroxylation sites is 1. The van der Waals surface area contributed by atoms with Crippen LogP contribution in [0.5, 0.6) is 0 Å². The highest BCUT2D eigenvalue weighted by Gasteiger charge is 2.48. The lowest BCUT2D eigenvalue weighted by molar-refractivity contribution is -0.142. The molecule has 0 saturated carbocycles. The Morgan fingerprint density at radius 1 is 0.897 bits per heavy atom. The van der Waals surface area contributed by atoms with Crippen LogP contribution in [0.25, 0.3) is 10.9 Å². The molecule has 2 aromatic carbocycles. The Balaban J connectivity index is 1.83. The Labute approximate surface area is 159 Å². The van der Waals surface area contributed by atoms with Crippen molar-refractivity contribution in [1.29, 1.82) is 0 Å². The molecule has 3 nitrogen and oxygen atoms in total. The van der Waals surface area contributed by atoms with Crippen molar-refractivity contribution in [2.75, 3.05) is 0 Å². The Morgan fingerprint density at radius 3 is 2.21 bits per heavy atom. The van der Waals surface area contributed by atoms with Crippen LogP contribution < -0.4 is 0 Å². The van der Waals surface area contributed by atoms with Crippen molar-refractivity contribution >= 4 is 16.7 Å². The lowest BCUT2D eigenvalue weighted by Gasteiger charge is -2.14. The summed E-state index contributed by atoms with van der Waals surface area (Å²) in [6.45, 7) is 0. The van der Waals surface area contributed by atoms with E-state index in [2.05, 4.69) is 4.98 Å². The predicted molar refractivity (Wildman–Crippen MR) is 90.1 cm³/mol. The molecule has 1 saturated heterocycles. The number of rotatable bonds is 3. The normalized spacial score (nSPS) is 19.4. The first-order valence-corrected chi connectivity index (χ1v) is 8.40. The number of halogens is 6. The minimum Gasteiger partial charge on any atom is -0.356 e. The highest BCUT2D eigenvalue weighted by molar-refractivity contribution is 6.02. The van der Waals surface area contributed by atoms with Crippen LogP contribution in [0.15, 0.2) is 54.6 Å². The maximum Gasteiger partial charge on any atom is 0.433 e. The van der Waals surface area contributed by atoms with Gasteiger partial charge < -0.3 is 4.74 Å². The largest absolute Gasteiger partial charge is 0.433 e. The van der Waals surface area contributed by atoms with Gasteiger partial charge in [0.25, 0.3) is 0 Å². The Morgan fingerprint density at radius 2 is 1.59 bits per heavy atom. The number of Topliss-reactive ketones (excluding diaryl/α,β-unsaturated/α-hetero) is 1. The third kappa shape index (κ3) is 3.57. The number of carbonyl (C=O) groups is 1. The van der Waals surface area contributed by atoms with Gasteiger partial charge in [-0.15, -0.1) is 0 Å². The molecule has 0 radical (unpaired) electrons. The van der Waals surface area contributed by atoms with Gasteiger partial charge in [-0.25, -0.2) is 4.98 Å². The van der Waals surface area contributed by atoms with Crippen molar-refractivity contribution in [2.24, 2.45) is 0 Å². The van der Waals surface area contributed by atoms with Gasteiger partial charge in [0.05, 0.1) is 11.1 Å². The maximum absolute atomic E-state index is 13.3. The molecule has 0 aliphatic carbocycles. The minimum atomic E-state index is -4.96. The summed E-state index contributed by atoms with van der Waals surface area (Å²) in [5.41, 5.74) is -3.44. The standard InChI is InChI=1S/C20H11F6NO2/c21-19(22,23)13-8-4-7-11-12(9-14(20(24,25)26)27-15(11)13)17-18(29-17)16(28)10-5-2-1-3-6-10/h1-9,17-18H/t17-,18-/m1/s1. The van der Waals surface area contributed by atoms with E-state index in [1.165, 1.54) is 18.2 Å². The van der Waals surface area contributed by atoms with Crippen LogP contribution in [0.3, 0.4) is 0 Å². The van der Waals surface area contributed by atoms with Crippen LogP contribution >= 0.6 is 0 Å². The summed E-state index contributed by atoms with van der Waals surface area (Å²) in [7, 11) is 0. The lowest BCUT2D eigenvalue weighted by atomic mass is 9.97. The molecule has 1 aliphatic heterocycles. The highest BCUT2D eigenvalue weighted by atomic mass is 19.4. The molecule has 1 fully saturated rings. The first-order chi connectivity index (χ1) is 13.6. The van der Waals surface area contributed by atoms with Crippen molar-refractivity contribution in [3.05, 3.63) is 77.0 Å². The summed E-state index contributed by atoms with van der Waals surface area (Å²) in [6, 6.07) is 11.6. The molecule has 1 aliphatic rings. The molecule has 1 aromatic heterocycles. The zero-order valence-electron chi connectivity index (χ0n) is 14.4. The van der Waals surface area contributed by atoms with E-state index in [9.17, 15) is 31.1 Å². The number of fused-ring (bicyclic) bond motifs is 1. The maximum atomic E-state index is 13.3. The van der Waals surface area contributed by atoms with Gasteiger partial charge in [0.2, 0.25) is 0 Å². The minimum absolute atomic E-state index is 0.138. The number of nitrogens with zero attached hydrogens (tertiary/aromatic N) is 1. The number of alkyl halides is 6. The molecule has 0 unspecified atom stereocenters. The van der Waals surface area contributed by atoms with Gasteiger partial charge in [-0.1, -0.05) is 42.5 Å². The molecule has 0 spiro atoms. The van der Waals surface area contributed by atoms with E-state index in [1.54, 1.807) is 18.2 Å². The topological polar surface area (TPSA) is 42.5 Å². The van der Waals surface area contributed by atoms with E-state index >= 15 is 0 Å². The monoisotopic (exact) mass is 411 g/mol. The van der Waals surface area contributed by atoms with Gasteiger partial charge in [-0.3, -0.25) is 4.79 Å². The van der Waals surface area contributed by atoms with Gasteiger partial charge >= 0.3 is 12.4 Å². The zero-order valence-corrected chi connectivity index (χ0v) is 14.4. The van der Waals surface area contributed by atoms with Gasteiger partial charge in [0.1, 0.15) is 11.8 Å². The fourth-order valence-corrected chi connectivity index (χ4v) is 3.20. The predicted octanol–water partition coefficient (Wildman–Crippen LogP) is 5.60. The molecule has 0 bridgehead atoms. The van der Waals surface area contributed by atoms with E-state index in [-0.39, 0.29) is 10.9 Å². The first kappa shape index (κ1) is 19.4. The second-order valence-electron chi connectivity index (χ2n) is 6.50. The third-order valence-corrected chi connectivity index (χ3v) is 4.58. The molecule has 2 heterocycles. The van der Waals surface area contributed by atoms with E-state index in [0.29, 0.717) is 17.7 Å². The summed E-state index contributed by atoms with van der Waals surface area (Å²) >= 11 is 0. The molecule has 150 valence electrons. The van der Waals surface area contributed by atoms with E-state index in [0.717, 1.165) is 6.07 Å². The molecule has 4 rings (SSSR count). The number of benzene rings is 2. The van der Waals surface area contributed by atoms with Gasteiger partial charge in [0.15, 0.2) is 11.9 Å². The van der Waals surface area contributed by atoms with E-state index in [4.69, 9.17) is 4.74 Å². The Kier molecular flexibility index (Phi) is 4.38. The molecule has 3 aromatic rings. The number of aromatic nitrogens is 1. The van der Waals surface area contributed by atoms with Crippen LogP contribution in [0.2, 0.25) is 0 Å². The lowest BCUT2D eigenvalue weighted by Crippen LogP contribution is -2.13. The van der Waals surface area contributed by atoms with Crippen molar-refractivity contribution in [3.8, 4) is 0 Å². The first-order valence-electron chi connectivity index (χ1n) is 8.40. The number of pyridine rings is 1. The summed E-state index contributed by atoms with van der Waals surface area (Å²) in [6.07, 6.45) is -12.0. The Hall–Kier alpha value is -2.94. The van der Waals surface area contributed by atoms with Crippen molar-refractivity contribution < 1.29 is 35.9 Å². The van der Waals surface area contributed by atoms with Crippen molar-refractivity contribution in [3.63, 3.8) is 0 Å². The van der Waals surface area contributed by atoms with Gasteiger partial charge in [-0.05, 0) is 17.7 Å². The second kappa shape index (κ2) is 6.55. The molecule has 0 amide bonds. The highest BCUT2D eigenvalue weighted by Crippen LogP contribution is 2.46. The van der Waals surface area contributed by atoms with Crippen LogP contribution in [0.4, 0.5) is 26.3 Å². The smallest absolute Gasteiger partial charge is 0.356 e. The van der Waals surface area contributed by atoms with Crippen molar-refractivity contribution in [2.45, 2.75) is 24.6 Å². The van der Waals surface area contributed by atoms with Crippen molar-refractivity contribution in [1.82, 2.24) is 4.98 Å². The molecule has 0 N–H and O–H groups in total. The quantitative estimate of drug-likeness (QED) is 0.320. The summed E-state index contributed by atoms with van der Waals surface area (Å²) in [5, 5.41) is -0.138. The summed E-state index contributed by atoms with van der Waals surface area (Å²) in [4.78, 5) is 15.7. The average molecular weight is 411 g/mol. The molecular weight excluding hydrogens is 400 g/mol.